The Balaban J connectivity index is 1.84. The monoisotopic (exact) mass is 1550 g/mol. The van der Waals surface area contributed by atoms with Gasteiger partial charge in [0.1, 0.15) is 72.5 Å². The molecular weight excluding hydrogens is 1430 g/mol. The first-order chi connectivity index (χ1) is 52.3. The van der Waals surface area contributed by atoms with Gasteiger partial charge in [-0.2, -0.15) is 0 Å². The van der Waals surface area contributed by atoms with Gasteiger partial charge in [0.05, 0.1) is 19.8 Å². The molecule has 1 heterocycles. The lowest BCUT2D eigenvalue weighted by Gasteiger charge is -2.30. The van der Waals surface area contributed by atoms with Gasteiger partial charge in [0.2, 0.25) is 76.8 Å². The van der Waals surface area contributed by atoms with Gasteiger partial charge in [-0.1, -0.05) is 142 Å². The third-order valence-electron chi connectivity index (χ3n) is 18.3. The molecule has 612 valence electrons. The molecule has 0 aliphatic heterocycles. The quantitative estimate of drug-likeness (QED) is 0.0257. The minimum absolute atomic E-state index is 0.0711. The highest BCUT2D eigenvalue weighted by molar-refractivity contribution is 6.00. The van der Waals surface area contributed by atoms with E-state index in [1.54, 1.807) is 102 Å². The SMILES string of the molecule is CCCCCCCCCC(=O)N[C@@H](C(=O)N[C@H](CCN)C(=O)NCC(=O)N[C@H](CO)C(=O)N[C@H](Cc1c[nH]c2ccccc12)C(=O)N[C@@H](CO)C(=O)N[C@@H](CCN)C(=O)N[C@H](CCN)C(=O)N[C@@H](Cc1ccccc1)C(=O)N[C@@H](CCC(=O)O)C(=O)N[C@H](C(=O)N[C@@H](C(=O)N[C@@H](C)C(=O)O)[C@@H](C)CC)C(C)C)C(C)C. The van der Waals surface area contributed by atoms with Gasteiger partial charge in [0.15, 0.2) is 0 Å². The van der Waals surface area contributed by atoms with Crippen molar-refractivity contribution >= 4 is 99.6 Å². The lowest BCUT2D eigenvalue weighted by atomic mass is 9.96. The van der Waals surface area contributed by atoms with Crippen LogP contribution < -0.4 is 86.3 Å². The summed E-state index contributed by atoms with van der Waals surface area (Å²) in [5.41, 5.74) is 19.2. The number of aromatic amines is 1. The number of hydrogen-bond donors (Lipinski definition) is 21. The third kappa shape index (κ3) is 32.6. The molecule has 0 spiro atoms. The van der Waals surface area contributed by atoms with E-state index in [-0.39, 0.29) is 70.0 Å². The molecule has 0 fully saturated rings. The average molecular weight is 1550 g/mol. The smallest absolute Gasteiger partial charge is 0.325 e. The van der Waals surface area contributed by atoms with E-state index in [9.17, 15) is 92.3 Å². The number of carbonyl (C=O) groups is 15. The number of aliphatic hydroxyl groups is 2. The van der Waals surface area contributed by atoms with Crippen molar-refractivity contribution in [2.24, 2.45) is 35.0 Å². The highest BCUT2D eigenvalue weighted by atomic mass is 16.4. The number of carbonyl (C=O) groups excluding carboxylic acids is 13. The Morgan fingerprint density at radius 1 is 0.409 bits per heavy atom. The van der Waals surface area contributed by atoms with Crippen LogP contribution in [0.25, 0.3) is 10.9 Å². The van der Waals surface area contributed by atoms with E-state index in [1.807, 2.05) is 0 Å². The van der Waals surface area contributed by atoms with E-state index in [2.05, 4.69) is 81.0 Å². The molecule has 0 aliphatic rings. The number of benzene rings is 2. The zero-order valence-electron chi connectivity index (χ0n) is 64.1. The van der Waals surface area contributed by atoms with E-state index < -0.39 is 200 Å². The summed E-state index contributed by atoms with van der Waals surface area (Å²) in [7, 11) is 0. The van der Waals surface area contributed by atoms with E-state index in [0.29, 0.717) is 34.9 Å². The number of fused-ring (bicyclic) bond motifs is 1. The number of unbranched alkanes of at least 4 members (excludes halogenated alkanes) is 6. The Hall–Kier alpha value is -10.2. The maximum atomic E-state index is 14.5. The number of nitrogens with one attached hydrogen (secondary N) is 14. The van der Waals surface area contributed by atoms with Gasteiger partial charge >= 0.3 is 11.9 Å². The standard InChI is InChI=1S/C74H117N17O19/c1-9-11-12-13-14-15-19-26-57(94)89-60(41(3)4)71(106)85-50(29-32-75)63(98)79-38-58(95)81-55(39-92)69(104)87-54(36-46-37-78-48-25-21-20-24-47(46)48)68(103)88-56(40-93)70(105)84-51(30-33-76)64(99)83-52(31-34-77)65(100)86-53(35-45-22-17-16-18-23-45)67(102)82-49(27-28-59(96)97)66(101)90-61(42(5)6)72(107)91-62(43(7)10-2)73(108)80-44(8)74(109)110/h16-18,20-25,37,41-44,49-56,60-62,78,92-93H,9-15,19,26-36,38-40,75-77H2,1-8H3,(H,79,98)(H,80,108)(H,81,95)(H,82,102)(H,83,99)(H,84,105)(H,85,106)(H,86,100)(H,87,104)(H,88,103)(H,89,94)(H,90,101)(H,91,107)(H,96,97)(H,109,110)/t43-,44-,49-,50+,51-,52+,53-,54+,55+,56-,60+,61-,62+/m0/s1. The van der Waals surface area contributed by atoms with Gasteiger partial charge in [-0.15, -0.1) is 0 Å². The van der Waals surface area contributed by atoms with Crippen molar-refractivity contribution in [2.45, 2.75) is 231 Å². The number of carboxylic acids is 2. The summed E-state index contributed by atoms with van der Waals surface area (Å²) in [6, 6.07) is -2.91. The van der Waals surface area contributed by atoms with Crippen LogP contribution in [-0.2, 0) is 84.8 Å². The molecule has 110 heavy (non-hydrogen) atoms. The lowest BCUT2D eigenvalue weighted by molar-refractivity contribution is -0.142. The van der Waals surface area contributed by atoms with Crippen LogP contribution in [0.3, 0.4) is 0 Å². The maximum Gasteiger partial charge on any atom is 0.325 e. The molecule has 36 heteroatoms. The molecule has 36 nitrogen and oxygen atoms in total. The highest BCUT2D eigenvalue weighted by Gasteiger charge is 2.38. The van der Waals surface area contributed by atoms with E-state index in [1.165, 1.54) is 6.92 Å². The number of aliphatic carboxylic acids is 2. The average Bonchev–Trinajstić information content (AvgIpc) is 1.66. The topological polar surface area (TPSA) is 587 Å². The number of aliphatic hydroxyl groups excluding tert-OH is 2. The molecule has 0 unspecified atom stereocenters. The summed E-state index contributed by atoms with van der Waals surface area (Å²) in [5, 5.41) is 73.2. The molecule has 0 saturated heterocycles. The molecule has 13 amide bonds. The van der Waals surface area contributed by atoms with Crippen LogP contribution in [0.15, 0.2) is 60.8 Å². The summed E-state index contributed by atoms with van der Waals surface area (Å²) in [5.74, 6) is -16.3. The van der Waals surface area contributed by atoms with Gasteiger partial charge in [-0.05, 0) is 93.6 Å². The van der Waals surface area contributed by atoms with E-state index >= 15 is 0 Å². The minimum Gasteiger partial charge on any atom is -0.481 e. The van der Waals surface area contributed by atoms with Crippen LogP contribution in [-0.4, -0.2) is 226 Å². The molecule has 13 atom stereocenters. The molecular formula is C74H117N17O19. The molecule has 0 aliphatic carbocycles. The fraction of sp³-hybridized carbons (Fsp3) is 0.608. The summed E-state index contributed by atoms with van der Waals surface area (Å²) >= 11 is 0. The number of aromatic nitrogens is 1. The Bertz CT molecular complexity index is 3520. The molecule has 3 aromatic rings. The number of amides is 13. The molecule has 0 radical (unpaired) electrons. The van der Waals surface area contributed by atoms with Crippen LogP contribution in [0.4, 0.5) is 0 Å². The second-order valence-electron chi connectivity index (χ2n) is 27.9. The number of hydrogen-bond acceptors (Lipinski definition) is 20. The van der Waals surface area contributed by atoms with Crippen LogP contribution in [0.1, 0.15) is 156 Å². The second kappa shape index (κ2) is 49.8. The van der Waals surface area contributed by atoms with Gasteiger partial charge < -0.3 is 112 Å². The van der Waals surface area contributed by atoms with Crippen molar-refractivity contribution in [3.63, 3.8) is 0 Å². The fourth-order valence-electron chi connectivity index (χ4n) is 11.6. The number of nitrogens with two attached hydrogens (primary N) is 3. The van der Waals surface area contributed by atoms with Gasteiger partial charge in [-0.25, -0.2) is 0 Å². The van der Waals surface area contributed by atoms with Gasteiger partial charge in [0, 0.05) is 42.8 Å². The minimum atomic E-state index is -1.87. The van der Waals surface area contributed by atoms with Crippen LogP contribution in [0.2, 0.25) is 0 Å². The molecule has 2 aromatic carbocycles. The van der Waals surface area contributed by atoms with E-state index in [0.717, 1.165) is 38.5 Å². The lowest BCUT2D eigenvalue weighted by Crippen LogP contribution is -2.62. The largest absolute Gasteiger partial charge is 0.481 e. The highest BCUT2D eigenvalue weighted by Crippen LogP contribution is 2.20. The fourth-order valence-corrected chi connectivity index (χ4v) is 11.6. The Labute approximate surface area is 640 Å². The molecule has 24 N–H and O–H groups in total. The molecule has 1 aromatic heterocycles. The first-order valence-corrected chi connectivity index (χ1v) is 37.5. The molecule has 0 bridgehead atoms. The first kappa shape index (κ1) is 94.0. The zero-order chi connectivity index (χ0) is 82.2. The third-order valence-corrected chi connectivity index (χ3v) is 18.3. The first-order valence-electron chi connectivity index (χ1n) is 37.5. The Morgan fingerprint density at radius 3 is 1.35 bits per heavy atom. The zero-order valence-corrected chi connectivity index (χ0v) is 64.1. The Morgan fingerprint density at radius 2 is 0.827 bits per heavy atom. The molecule has 3 rings (SSSR count). The van der Waals surface area contributed by atoms with Gasteiger partial charge in [0.25, 0.3) is 0 Å². The van der Waals surface area contributed by atoms with Crippen molar-refractivity contribution in [3.8, 4) is 0 Å². The van der Waals surface area contributed by atoms with Crippen molar-refractivity contribution in [2.75, 3.05) is 39.4 Å². The number of rotatable bonds is 53. The normalized spacial score (nSPS) is 14.8. The van der Waals surface area contributed by atoms with Gasteiger partial charge in [-0.3, -0.25) is 71.9 Å². The van der Waals surface area contributed by atoms with E-state index in [4.69, 9.17) is 17.2 Å². The predicted molar refractivity (Wildman–Crippen MR) is 405 cm³/mol. The molecule has 0 saturated carbocycles. The number of para-hydroxylation sites is 1. The number of H-pyrrole nitrogens is 1. The van der Waals surface area contributed by atoms with Crippen LogP contribution in [0.5, 0.6) is 0 Å². The Kier molecular flexibility index (Phi) is 42.6. The van der Waals surface area contributed by atoms with Crippen molar-refractivity contribution < 1.29 is 92.3 Å². The van der Waals surface area contributed by atoms with Crippen LogP contribution >= 0.6 is 0 Å². The maximum absolute atomic E-state index is 14.5. The summed E-state index contributed by atoms with van der Waals surface area (Å²) in [6.07, 6.45) is 6.59. The summed E-state index contributed by atoms with van der Waals surface area (Å²) in [6.45, 7) is 9.77. The summed E-state index contributed by atoms with van der Waals surface area (Å²) in [4.78, 5) is 207. The predicted octanol–water partition coefficient (Wildman–Crippen LogP) is -2.61. The van der Waals surface area contributed by atoms with Crippen molar-refractivity contribution in [1.29, 1.82) is 0 Å². The number of carboxylic acid groups (broad SMARTS) is 2. The van der Waals surface area contributed by atoms with Crippen LogP contribution in [0, 0.1) is 17.8 Å². The van der Waals surface area contributed by atoms with Crippen molar-refractivity contribution in [3.05, 3.63) is 71.9 Å². The van der Waals surface area contributed by atoms with Crippen molar-refractivity contribution in [1.82, 2.24) is 74.1 Å². The second-order valence-corrected chi connectivity index (χ2v) is 27.9. The summed E-state index contributed by atoms with van der Waals surface area (Å²) < 4.78 is 0.